The molecule has 3 aromatic rings. The molecule has 28 heavy (non-hydrogen) atoms. The summed E-state index contributed by atoms with van der Waals surface area (Å²) in [7, 11) is -3.71. The summed E-state index contributed by atoms with van der Waals surface area (Å²) >= 11 is 1.43. The molecule has 1 saturated heterocycles. The van der Waals surface area contributed by atoms with Gasteiger partial charge < -0.3 is 4.90 Å². The number of hydrogen-bond donors (Lipinski definition) is 0. The zero-order valence-electron chi connectivity index (χ0n) is 14.8. The number of benzene rings is 1. The Balaban J connectivity index is 1.48. The highest BCUT2D eigenvalue weighted by Gasteiger charge is 2.31. The van der Waals surface area contributed by atoms with Gasteiger partial charge in [0.2, 0.25) is 15.2 Å². The van der Waals surface area contributed by atoms with E-state index >= 15 is 0 Å². The number of aromatic nitrogens is 3. The van der Waals surface area contributed by atoms with Crippen molar-refractivity contribution in [3.63, 3.8) is 0 Å². The summed E-state index contributed by atoms with van der Waals surface area (Å²) in [6.45, 7) is 1.65. The van der Waals surface area contributed by atoms with Gasteiger partial charge in [-0.2, -0.15) is 9.57 Å². The van der Waals surface area contributed by atoms with E-state index in [4.69, 9.17) is 0 Å². The summed E-state index contributed by atoms with van der Waals surface area (Å²) in [5.41, 5.74) is 0.926. The maximum absolute atomic E-state index is 12.9. The minimum atomic E-state index is -3.71. The Hall–Kier alpha value is -2.87. The minimum Gasteiger partial charge on any atom is -0.344 e. The van der Waals surface area contributed by atoms with Crippen molar-refractivity contribution in [2.24, 2.45) is 0 Å². The maximum Gasteiger partial charge on any atom is 0.244 e. The standard InChI is InChI=1S/C18H16N6O2S2/c19-13-14-5-1-2-7-16(14)28(25,26)24-11-9-23(10-12-24)18-22-21-17(27-18)15-6-3-4-8-20-15/h1-8H,9-12H2. The Bertz CT molecular complexity index is 1120. The molecule has 0 spiro atoms. The molecule has 4 rings (SSSR count). The van der Waals surface area contributed by atoms with E-state index in [-0.39, 0.29) is 10.5 Å². The van der Waals surface area contributed by atoms with E-state index in [0.29, 0.717) is 26.2 Å². The van der Waals surface area contributed by atoms with Crippen molar-refractivity contribution in [2.75, 3.05) is 31.1 Å². The largest absolute Gasteiger partial charge is 0.344 e. The van der Waals surface area contributed by atoms with E-state index in [0.717, 1.165) is 15.8 Å². The van der Waals surface area contributed by atoms with Gasteiger partial charge in [0.25, 0.3) is 0 Å². The van der Waals surface area contributed by atoms with Gasteiger partial charge in [0.1, 0.15) is 11.8 Å². The predicted molar refractivity (Wildman–Crippen MR) is 105 cm³/mol. The van der Waals surface area contributed by atoms with Gasteiger partial charge in [-0.15, -0.1) is 10.2 Å². The van der Waals surface area contributed by atoms with E-state index in [2.05, 4.69) is 15.2 Å². The van der Waals surface area contributed by atoms with Crippen LogP contribution in [0.2, 0.25) is 0 Å². The van der Waals surface area contributed by atoms with Gasteiger partial charge in [-0.1, -0.05) is 29.5 Å². The van der Waals surface area contributed by atoms with Gasteiger partial charge >= 0.3 is 0 Å². The van der Waals surface area contributed by atoms with Crippen LogP contribution < -0.4 is 4.90 Å². The highest BCUT2D eigenvalue weighted by Crippen LogP contribution is 2.29. The van der Waals surface area contributed by atoms with E-state index in [1.807, 2.05) is 29.2 Å². The molecule has 0 N–H and O–H groups in total. The Kier molecular flexibility index (Phi) is 5.04. The van der Waals surface area contributed by atoms with Gasteiger partial charge in [0.05, 0.1) is 10.5 Å². The van der Waals surface area contributed by atoms with Crippen molar-refractivity contribution in [1.82, 2.24) is 19.5 Å². The summed E-state index contributed by atoms with van der Waals surface area (Å²) in [6.07, 6.45) is 1.71. The molecule has 0 bridgehead atoms. The van der Waals surface area contributed by atoms with Crippen molar-refractivity contribution in [2.45, 2.75) is 4.90 Å². The fourth-order valence-electron chi connectivity index (χ4n) is 2.98. The Morgan fingerprint density at radius 1 is 1.00 bits per heavy atom. The Morgan fingerprint density at radius 3 is 2.46 bits per heavy atom. The second-order valence-corrected chi connectivity index (χ2v) is 8.97. The van der Waals surface area contributed by atoms with Gasteiger partial charge in [-0.05, 0) is 24.3 Å². The first-order valence-corrected chi connectivity index (χ1v) is 10.8. The third-order valence-corrected chi connectivity index (χ3v) is 7.40. The summed E-state index contributed by atoms with van der Waals surface area (Å²) in [5.74, 6) is 0. The zero-order chi connectivity index (χ0) is 19.6. The first-order chi connectivity index (χ1) is 13.6. The lowest BCUT2D eigenvalue weighted by molar-refractivity contribution is 0.384. The van der Waals surface area contributed by atoms with Crippen LogP contribution in [0.25, 0.3) is 10.7 Å². The molecule has 0 saturated carbocycles. The molecule has 2 aromatic heterocycles. The molecule has 0 atom stereocenters. The van der Waals surface area contributed by atoms with Crippen LogP contribution in [-0.4, -0.2) is 54.1 Å². The Morgan fingerprint density at radius 2 is 1.75 bits per heavy atom. The topological polar surface area (TPSA) is 103 Å². The van der Waals surface area contributed by atoms with Crippen LogP contribution in [0.5, 0.6) is 0 Å². The Labute approximate surface area is 166 Å². The molecule has 0 amide bonds. The number of nitrogens with zero attached hydrogens (tertiary/aromatic N) is 6. The van der Waals surface area contributed by atoms with Crippen LogP contribution in [0.15, 0.2) is 53.6 Å². The molecule has 1 aliphatic rings. The van der Waals surface area contributed by atoms with Crippen LogP contribution >= 0.6 is 11.3 Å². The quantitative estimate of drug-likeness (QED) is 0.645. The summed E-state index contributed by atoms with van der Waals surface area (Å²) in [6, 6.07) is 13.8. The number of hydrogen-bond acceptors (Lipinski definition) is 8. The molecule has 1 aromatic carbocycles. The molecule has 1 aliphatic heterocycles. The van der Waals surface area contributed by atoms with Gasteiger partial charge in [0.15, 0.2) is 5.01 Å². The predicted octanol–water partition coefficient (Wildman–Crippen LogP) is 1.98. The molecule has 10 heteroatoms. The van der Waals surface area contributed by atoms with Crippen LogP contribution in [0.1, 0.15) is 5.56 Å². The SMILES string of the molecule is N#Cc1ccccc1S(=O)(=O)N1CCN(c2nnc(-c3ccccn3)s2)CC1. The van der Waals surface area contributed by atoms with Gasteiger partial charge in [-0.25, -0.2) is 8.42 Å². The molecular formula is C18H16N6O2S2. The first-order valence-electron chi connectivity index (χ1n) is 8.59. The highest BCUT2D eigenvalue weighted by atomic mass is 32.2. The lowest BCUT2D eigenvalue weighted by atomic mass is 10.2. The second kappa shape index (κ2) is 7.63. The van der Waals surface area contributed by atoms with Gasteiger partial charge in [-0.3, -0.25) is 4.98 Å². The molecule has 0 radical (unpaired) electrons. The number of rotatable bonds is 4. The van der Waals surface area contributed by atoms with Crippen LogP contribution in [-0.2, 0) is 10.0 Å². The van der Waals surface area contributed by atoms with Crippen molar-refractivity contribution < 1.29 is 8.42 Å². The fraction of sp³-hybridized carbons (Fsp3) is 0.222. The lowest BCUT2D eigenvalue weighted by Gasteiger charge is -2.33. The summed E-state index contributed by atoms with van der Waals surface area (Å²) in [5, 5.41) is 19.1. The van der Waals surface area contributed by atoms with Crippen molar-refractivity contribution in [1.29, 1.82) is 5.26 Å². The highest BCUT2D eigenvalue weighted by molar-refractivity contribution is 7.89. The molecular weight excluding hydrogens is 396 g/mol. The normalized spacial score (nSPS) is 15.3. The molecule has 3 heterocycles. The number of nitriles is 1. The maximum atomic E-state index is 12.9. The van der Waals surface area contributed by atoms with E-state index in [9.17, 15) is 13.7 Å². The smallest absolute Gasteiger partial charge is 0.244 e. The van der Waals surface area contributed by atoms with Crippen LogP contribution in [0.3, 0.4) is 0 Å². The molecule has 142 valence electrons. The number of piperazine rings is 1. The second-order valence-electron chi connectivity index (χ2n) is 6.10. The average molecular weight is 413 g/mol. The first kappa shape index (κ1) is 18.5. The fourth-order valence-corrected chi connectivity index (χ4v) is 5.42. The van der Waals surface area contributed by atoms with Crippen molar-refractivity contribution >= 4 is 26.5 Å². The van der Waals surface area contributed by atoms with Crippen LogP contribution in [0.4, 0.5) is 5.13 Å². The molecule has 8 nitrogen and oxygen atoms in total. The summed E-state index contributed by atoms with van der Waals surface area (Å²) < 4.78 is 27.3. The average Bonchev–Trinajstić information content (AvgIpc) is 3.25. The molecule has 0 aliphatic carbocycles. The number of sulfonamides is 1. The third kappa shape index (κ3) is 3.47. The van der Waals surface area contributed by atoms with Crippen molar-refractivity contribution in [3.8, 4) is 16.8 Å². The van der Waals surface area contributed by atoms with E-state index < -0.39 is 10.0 Å². The number of pyridine rings is 1. The third-order valence-electron chi connectivity index (χ3n) is 4.43. The van der Waals surface area contributed by atoms with E-state index in [1.54, 1.807) is 18.3 Å². The zero-order valence-corrected chi connectivity index (χ0v) is 16.4. The molecule has 0 unspecified atom stereocenters. The monoisotopic (exact) mass is 412 g/mol. The lowest BCUT2D eigenvalue weighted by Crippen LogP contribution is -2.48. The van der Waals surface area contributed by atoms with Crippen molar-refractivity contribution in [3.05, 3.63) is 54.2 Å². The van der Waals surface area contributed by atoms with E-state index in [1.165, 1.54) is 27.8 Å². The van der Waals surface area contributed by atoms with Crippen LogP contribution in [0, 0.1) is 11.3 Å². The number of anilines is 1. The summed E-state index contributed by atoms with van der Waals surface area (Å²) in [4.78, 5) is 6.35. The minimum absolute atomic E-state index is 0.0549. The molecule has 1 fully saturated rings. The van der Waals surface area contributed by atoms with Gasteiger partial charge in [0, 0.05) is 32.4 Å².